The molecule has 2 aromatic rings. The van der Waals surface area contributed by atoms with Crippen LogP contribution in [0.1, 0.15) is 35.2 Å². The molecule has 1 unspecified atom stereocenters. The maximum absolute atomic E-state index is 12.3. The molecular formula is C21H24F2N2O4. The fourth-order valence-corrected chi connectivity index (χ4v) is 2.55. The lowest BCUT2D eigenvalue weighted by Crippen LogP contribution is -2.29. The average molecular weight is 406 g/mol. The maximum Gasteiger partial charge on any atom is 0.387 e. The summed E-state index contributed by atoms with van der Waals surface area (Å²) in [5.74, 6) is -0.263. The lowest BCUT2D eigenvalue weighted by molar-refractivity contribution is -0.126. The van der Waals surface area contributed by atoms with Crippen LogP contribution in [0.2, 0.25) is 0 Å². The van der Waals surface area contributed by atoms with Gasteiger partial charge in [0, 0.05) is 5.56 Å². The van der Waals surface area contributed by atoms with Gasteiger partial charge in [0.15, 0.2) is 18.1 Å². The molecule has 1 atom stereocenters. The van der Waals surface area contributed by atoms with Gasteiger partial charge in [0.1, 0.15) is 0 Å². The number of rotatable bonds is 9. The largest absolute Gasteiger partial charge is 0.493 e. The van der Waals surface area contributed by atoms with E-state index in [1.54, 1.807) is 0 Å². The highest BCUT2D eigenvalue weighted by Gasteiger charge is 2.12. The molecular weight excluding hydrogens is 382 g/mol. The van der Waals surface area contributed by atoms with Crippen LogP contribution < -0.4 is 14.8 Å². The first-order valence-corrected chi connectivity index (χ1v) is 8.95. The molecule has 0 fully saturated rings. The zero-order chi connectivity index (χ0) is 21.4. The van der Waals surface area contributed by atoms with Gasteiger partial charge in [-0.1, -0.05) is 23.4 Å². The number of methoxy groups -OCH3 is 1. The number of hydrogen-bond acceptors (Lipinski definition) is 5. The highest BCUT2D eigenvalue weighted by molar-refractivity contribution is 5.81. The number of aryl methyl sites for hydroxylation is 2. The zero-order valence-electron chi connectivity index (χ0n) is 16.7. The maximum atomic E-state index is 12.3. The lowest BCUT2D eigenvalue weighted by Gasteiger charge is -2.15. The van der Waals surface area contributed by atoms with E-state index in [0.29, 0.717) is 5.56 Å². The molecule has 0 aliphatic heterocycles. The van der Waals surface area contributed by atoms with Gasteiger partial charge in [-0.15, -0.1) is 0 Å². The van der Waals surface area contributed by atoms with Crippen LogP contribution in [0.25, 0.3) is 0 Å². The molecule has 0 aromatic heterocycles. The number of amides is 1. The summed E-state index contributed by atoms with van der Waals surface area (Å²) in [5, 5.41) is 6.56. The van der Waals surface area contributed by atoms with Gasteiger partial charge < -0.3 is 19.6 Å². The third-order valence-corrected chi connectivity index (χ3v) is 4.28. The molecule has 1 amide bonds. The number of alkyl halides is 2. The molecule has 1 N–H and O–H groups in total. The van der Waals surface area contributed by atoms with E-state index < -0.39 is 6.61 Å². The third kappa shape index (κ3) is 6.74. The van der Waals surface area contributed by atoms with Crippen LogP contribution in [0.15, 0.2) is 41.6 Å². The third-order valence-electron chi connectivity index (χ3n) is 4.28. The summed E-state index contributed by atoms with van der Waals surface area (Å²) in [6, 6.07) is 10.2. The Kier molecular flexibility index (Phi) is 7.94. The van der Waals surface area contributed by atoms with E-state index in [4.69, 9.17) is 9.57 Å². The van der Waals surface area contributed by atoms with Gasteiger partial charge >= 0.3 is 6.61 Å². The molecule has 0 aliphatic carbocycles. The molecule has 0 bridgehead atoms. The van der Waals surface area contributed by atoms with E-state index in [-0.39, 0.29) is 30.1 Å². The van der Waals surface area contributed by atoms with Gasteiger partial charge in [-0.3, -0.25) is 4.79 Å². The van der Waals surface area contributed by atoms with Gasteiger partial charge in [-0.05, 0) is 55.7 Å². The van der Waals surface area contributed by atoms with Crippen LogP contribution in [0.4, 0.5) is 8.78 Å². The number of nitrogens with zero attached hydrogens (tertiary/aromatic N) is 1. The summed E-state index contributed by atoms with van der Waals surface area (Å²) in [6.45, 7) is 2.74. The summed E-state index contributed by atoms with van der Waals surface area (Å²) >= 11 is 0. The van der Waals surface area contributed by atoms with Gasteiger partial charge in [-0.2, -0.15) is 8.78 Å². The van der Waals surface area contributed by atoms with Crippen molar-refractivity contribution in [2.75, 3.05) is 13.7 Å². The summed E-state index contributed by atoms with van der Waals surface area (Å²) in [6.07, 6.45) is 1.34. The smallest absolute Gasteiger partial charge is 0.387 e. The van der Waals surface area contributed by atoms with Crippen LogP contribution in [0.5, 0.6) is 11.5 Å². The van der Waals surface area contributed by atoms with E-state index in [1.807, 2.05) is 39.0 Å². The minimum absolute atomic E-state index is 0.0831. The fourth-order valence-electron chi connectivity index (χ4n) is 2.55. The molecule has 8 heteroatoms. The number of benzene rings is 2. The molecule has 2 aromatic carbocycles. The van der Waals surface area contributed by atoms with Gasteiger partial charge in [-0.25, -0.2) is 0 Å². The monoisotopic (exact) mass is 406 g/mol. The molecule has 0 spiro atoms. The number of carbonyl (C=O) groups excluding carboxylic acids is 1. The van der Waals surface area contributed by atoms with Crippen molar-refractivity contribution in [1.82, 2.24) is 5.32 Å². The number of oxime groups is 1. The molecule has 0 saturated carbocycles. The standard InChI is InChI=1S/C21H24F2N2O4/c1-13-5-7-17(9-14(13)2)15(3)25-20(26)12-28-24-11-16-6-8-18(29-21(22)23)19(10-16)27-4/h5-11,15,21H,12H2,1-4H3,(H,25,26)/b24-11+. The van der Waals surface area contributed by atoms with Gasteiger partial charge in [0.2, 0.25) is 0 Å². The Balaban J connectivity index is 1.86. The number of nitrogens with one attached hydrogen (secondary N) is 1. The number of carbonyl (C=O) groups is 1. The van der Waals surface area contributed by atoms with Crippen molar-refractivity contribution in [2.24, 2.45) is 5.16 Å². The van der Waals surface area contributed by atoms with E-state index in [9.17, 15) is 13.6 Å². The van der Waals surface area contributed by atoms with Crippen LogP contribution in [0.3, 0.4) is 0 Å². The quantitative estimate of drug-likeness (QED) is 0.502. The van der Waals surface area contributed by atoms with Crippen molar-refractivity contribution in [2.45, 2.75) is 33.4 Å². The Morgan fingerprint density at radius 3 is 2.55 bits per heavy atom. The lowest BCUT2D eigenvalue weighted by atomic mass is 10.0. The minimum Gasteiger partial charge on any atom is -0.493 e. The Morgan fingerprint density at radius 2 is 1.90 bits per heavy atom. The van der Waals surface area contributed by atoms with E-state index in [1.165, 1.54) is 37.1 Å². The summed E-state index contributed by atoms with van der Waals surface area (Å²) in [7, 11) is 1.34. The second-order valence-electron chi connectivity index (χ2n) is 6.43. The molecule has 0 saturated heterocycles. The van der Waals surface area contributed by atoms with Crippen molar-refractivity contribution >= 4 is 12.1 Å². The molecule has 156 valence electrons. The summed E-state index contributed by atoms with van der Waals surface area (Å²) in [5.41, 5.74) is 3.88. The Bertz CT molecular complexity index is 872. The number of hydrogen-bond donors (Lipinski definition) is 1. The Hall–Kier alpha value is -3.16. The zero-order valence-corrected chi connectivity index (χ0v) is 16.7. The molecule has 0 radical (unpaired) electrons. The Labute approximate surface area is 168 Å². The number of ether oxygens (including phenoxy) is 2. The van der Waals surface area contributed by atoms with E-state index in [0.717, 1.165) is 11.1 Å². The SMILES string of the molecule is COc1cc(/C=N/OCC(=O)NC(C)c2ccc(C)c(C)c2)ccc1OC(F)F. The first-order chi connectivity index (χ1) is 13.8. The summed E-state index contributed by atoms with van der Waals surface area (Å²) in [4.78, 5) is 17.0. The normalized spacial score (nSPS) is 12.1. The second kappa shape index (κ2) is 10.4. The predicted molar refractivity (Wildman–Crippen MR) is 106 cm³/mol. The first kappa shape index (κ1) is 22.1. The van der Waals surface area contributed by atoms with Crippen LogP contribution >= 0.6 is 0 Å². The van der Waals surface area contributed by atoms with Crippen LogP contribution in [-0.2, 0) is 9.63 Å². The fraction of sp³-hybridized carbons (Fsp3) is 0.333. The predicted octanol–water partition coefficient (Wildman–Crippen LogP) is 4.14. The molecule has 6 nitrogen and oxygen atoms in total. The highest BCUT2D eigenvalue weighted by atomic mass is 19.3. The van der Waals surface area contributed by atoms with Crippen LogP contribution in [-0.4, -0.2) is 32.4 Å². The second-order valence-corrected chi connectivity index (χ2v) is 6.43. The Morgan fingerprint density at radius 1 is 1.14 bits per heavy atom. The average Bonchev–Trinajstić information content (AvgIpc) is 2.67. The van der Waals surface area contributed by atoms with Crippen molar-refractivity contribution in [3.8, 4) is 11.5 Å². The molecule has 29 heavy (non-hydrogen) atoms. The molecule has 0 aliphatic rings. The molecule has 2 rings (SSSR count). The first-order valence-electron chi connectivity index (χ1n) is 8.95. The summed E-state index contributed by atoms with van der Waals surface area (Å²) < 4.78 is 34.0. The van der Waals surface area contributed by atoms with Crippen LogP contribution in [0, 0.1) is 13.8 Å². The van der Waals surface area contributed by atoms with Crippen molar-refractivity contribution < 1.29 is 27.9 Å². The number of halogens is 2. The van der Waals surface area contributed by atoms with Crippen molar-refractivity contribution in [1.29, 1.82) is 0 Å². The van der Waals surface area contributed by atoms with E-state index >= 15 is 0 Å². The molecule has 0 heterocycles. The topological polar surface area (TPSA) is 69.2 Å². The van der Waals surface area contributed by atoms with Crippen molar-refractivity contribution in [3.05, 3.63) is 58.7 Å². The minimum atomic E-state index is -2.95. The highest BCUT2D eigenvalue weighted by Crippen LogP contribution is 2.28. The van der Waals surface area contributed by atoms with Gasteiger partial charge in [0.25, 0.3) is 5.91 Å². The van der Waals surface area contributed by atoms with Gasteiger partial charge in [0.05, 0.1) is 19.4 Å². The van der Waals surface area contributed by atoms with Crippen molar-refractivity contribution in [3.63, 3.8) is 0 Å². The van der Waals surface area contributed by atoms with E-state index in [2.05, 4.69) is 15.2 Å².